The molecule has 0 spiro atoms. The van der Waals surface area contributed by atoms with Crippen molar-refractivity contribution in [1.29, 1.82) is 0 Å². The average molecular weight is 201 g/mol. The first-order chi connectivity index (χ1) is 6.66. The lowest BCUT2D eigenvalue weighted by molar-refractivity contribution is -0.137. The van der Waals surface area contributed by atoms with Gasteiger partial charge in [0.2, 0.25) is 0 Å². The lowest BCUT2D eigenvalue weighted by Crippen LogP contribution is -2.10. The van der Waals surface area contributed by atoms with E-state index in [1.165, 1.54) is 19.3 Å². The molecule has 3 heteroatoms. The molecule has 0 aliphatic heterocycles. The van der Waals surface area contributed by atoms with Gasteiger partial charge in [-0.3, -0.25) is 4.79 Å². The molecule has 0 aromatic carbocycles. The van der Waals surface area contributed by atoms with Crippen LogP contribution in [0, 0.1) is 5.92 Å². The number of nitrogens with two attached hydrogens (primary N) is 1. The maximum atomic E-state index is 10.2. The van der Waals surface area contributed by atoms with Crippen LogP contribution in [0.4, 0.5) is 0 Å². The summed E-state index contributed by atoms with van der Waals surface area (Å²) in [7, 11) is 0. The number of carbonyl (C=O) groups is 1. The van der Waals surface area contributed by atoms with Crippen LogP contribution >= 0.6 is 0 Å². The van der Waals surface area contributed by atoms with Gasteiger partial charge in [-0.2, -0.15) is 0 Å². The monoisotopic (exact) mass is 201 g/mol. The van der Waals surface area contributed by atoms with E-state index in [0.717, 1.165) is 25.8 Å². The van der Waals surface area contributed by atoms with Crippen molar-refractivity contribution in [2.75, 3.05) is 6.54 Å². The molecule has 0 amide bonds. The van der Waals surface area contributed by atoms with Gasteiger partial charge < -0.3 is 10.8 Å². The Morgan fingerprint density at radius 1 is 1.21 bits per heavy atom. The molecule has 0 fully saturated rings. The predicted molar refractivity (Wildman–Crippen MR) is 58.2 cm³/mol. The van der Waals surface area contributed by atoms with E-state index in [2.05, 4.69) is 6.92 Å². The van der Waals surface area contributed by atoms with Gasteiger partial charge in [-0.05, 0) is 25.3 Å². The number of hydrogen-bond donors (Lipinski definition) is 2. The van der Waals surface area contributed by atoms with Crippen molar-refractivity contribution in [3.05, 3.63) is 0 Å². The average Bonchev–Trinajstić information content (AvgIpc) is 2.15. The van der Waals surface area contributed by atoms with Crippen molar-refractivity contribution in [3.8, 4) is 0 Å². The van der Waals surface area contributed by atoms with Crippen molar-refractivity contribution in [3.63, 3.8) is 0 Å². The van der Waals surface area contributed by atoms with Gasteiger partial charge >= 0.3 is 5.97 Å². The first-order valence-corrected chi connectivity index (χ1v) is 5.58. The summed E-state index contributed by atoms with van der Waals surface area (Å²) in [6.07, 6.45) is 6.99. The second kappa shape index (κ2) is 9.00. The van der Waals surface area contributed by atoms with Gasteiger partial charge in [0.15, 0.2) is 0 Å². The molecule has 1 unspecified atom stereocenters. The van der Waals surface area contributed by atoms with Crippen LogP contribution in [0.2, 0.25) is 0 Å². The highest BCUT2D eigenvalue weighted by atomic mass is 16.4. The summed E-state index contributed by atoms with van der Waals surface area (Å²) in [5.74, 6) is -0.0456. The van der Waals surface area contributed by atoms with Crippen LogP contribution < -0.4 is 5.73 Å². The summed E-state index contributed by atoms with van der Waals surface area (Å²) in [6, 6.07) is 0. The van der Waals surface area contributed by atoms with Gasteiger partial charge in [-0.15, -0.1) is 0 Å². The van der Waals surface area contributed by atoms with Crippen LogP contribution in [0.15, 0.2) is 0 Å². The van der Waals surface area contributed by atoms with E-state index in [0.29, 0.717) is 12.3 Å². The highest BCUT2D eigenvalue weighted by Gasteiger charge is 1.99. The van der Waals surface area contributed by atoms with Crippen molar-refractivity contribution in [2.24, 2.45) is 11.7 Å². The lowest BCUT2D eigenvalue weighted by Gasteiger charge is -2.06. The van der Waals surface area contributed by atoms with Crippen molar-refractivity contribution >= 4 is 5.97 Å². The summed E-state index contributed by atoms with van der Waals surface area (Å²) < 4.78 is 0. The SMILES string of the molecule is CC(CN)CCCCCCCC(=O)O. The highest BCUT2D eigenvalue weighted by molar-refractivity contribution is 5.66. The van der Waals surface area contributed by atoms with E-state index in [1.807, 2.05) is 0 Å². The van der Waals surface area contributed by atoms with E-state index in [9.17, 15) is 4.79 Å². The molecular weight excluding hydrogens is 178 g/mol. The number of carboxylic acids is 1. The fraction of sp³-hybridized carbons (Fsp3) is 0.909. The number of hydrogen-bond acceptors (Lipinski definition) is 2. The highest BCUT2D eigenvalue weighted by Crippen LogP contribution is 2.10. The topological polar surface area (TPSA) is 63.3 Å². The van der Waals surface area contributed by atoms with Gasteiger partial charge in [0, 0.05) is 6.42 Å². The second-order valence-corrected chi connectivity index (χ2v) is 4.04. The lowest BCUT2D eigenvalue weighted by atomic mass is 10.0. The Hall–Kier alpha value is -0.570. The molecule has 0 radical (unpaired) electrons. The summed E-state index contributed by atoms with van der Waals surface area (Å²) in [4.78, 5) is 10.2. The molecule has 0 saturated heterocycles. The Kier molecular flexibility index (Phi) is 8.64. The van der Waals surface area contributed by atoms with E-state index in [4.69, 9.17) is 10.8 Å². The Morgan fingerprint density at radius 2 is 1.79 bits per heavy atom. The molecular formula is C11H23NO2. The molecule has 3 nitrogen and oxygen atoms in total. The molecule has 3 N–H and O–H groups in total. The molecule has 84 valence electrons. The van der Waals surface area contributed by atoms with E-state index >= 15 is 0 Å². The van der Waals surface area contributed by atoms with Gasteiger partial charge in [-0.1, -0.05) is 32.6 Å². The van der Waals surface area contributed by atoms with Crippen LogP contribution in [-0.2, 0) is 4.79 Å². The summed E-state index contributed by atoms with van der Waals surface area (Å²) in [5, 5.41) is 8.41. The fourth-order valence-corrected chi connectivity index (χ4v) is 1.42. The predicted octanol–water partition coefficient (Wildman–Crippen LogP) is 2.40. The molecule has 0 bridgehead atoms. The molecule has 1 atom stereocenters. The van der Waals surface area contributed by atoms with Gasteiger partial charge in [0.1, 0.15) is 0 Å². The van der Waals surface area contributed by atoms with E-state index in [1.54, 1.807) is 0 Å². The number of carboxylic acid groups (broad SMARTS) is 1. The molecule has 14 heavy (non-hydrogen) atoms. The minimum absolute atomic E-state index is 0.319. The molecule has 0 aromatic heterocycles. The van der Waals surface area contributed by atoms with Gasteiger partial charge in [-0.25, -0.2) is 0 Å². The van der Waals surface area contributed by atoms with Gasteiger partial charge in [0.05, 0.1) is 0 Å². The Morgan fingerprint density at radius 3 is 2.36 bits per heavy atom. The fourth-order valence-electron chi connectivity index (χ4n) is 1.42. The summed E-state index contributed by atoms with van der Waals surface area (Å²) >= 11 is 0. The van der Waals surface area contributed by atoms with Crippen LogP contribution in [0.3, 0.4) is 0 Å². The quantitative estimate of drug-likeness (QED) is 0.563. The molecule has 0 aliphatic carbocycles. The number of aliphatic carboxylic acids is 1. The Labute approximate surface area is 86.7 Å². The van der Waals surface area contributed by atoms with Crippen LogP contribution in [0.5, 0.6) is 0 Å². The zero-order valence-electron chi connectivity index (χ0n) is 9.17. The standard InChI is InChI=1S/C11H23NO2/c1-10(9-12)7-5-3-2-4-6-8-11(13)14/h10H,2-9,12H2,1H3,(H,13,14). The summed E-state index contributed by atoms with van der Waals surface area (Å²) in [6.45, 7) is 2.95. The zero-order valence-corrected chi connectivity index (χ0v) is 9.17. The largest absolute Gasteiger partial charge is 0.481 e. The van der Waals surface area contributed by atoms with Crippen LogP contribution in [0.1, 0.15) is 51.9 Å². The molecule has 0 saturated carbocycles. The normalized spacial score (nSPS) is 12.7. The number of rotatable bonds is 9. The molecule has 0 heterocycles. The maximum absolute atomic E-state index is 10.2. The van der Waals surface area contributed by atoms with Crippen molar-refractivity contribution < 1.29 is 9.90 Å². The number of unbranched alkanes of at least 4 members (excludes halogenated alkanes) is 4. The molecule has 0 aromatic rings. The molecule has 0 aliphatic rings. The van der Waals surface area contributed by atoms with E-state index < -0.39 is 5.97 Å². The summed E-state index contributed by atoms with van der Waals surface area (Å²) in [5.41, 5.74) is 5.50. The first-order valence-electron chi connectivity index (χ1n) is 5.58. The minimum atomic E-state index is -0.679. The third-order valence-corrected chi connectivity index (χ3v) is 2.49. The Balaban J connectivity index is 3.02. The smallest absolute Gasteiger partial charge is 0.303 e. The van der Waals surface area contributed by atoms with Crippen LogP contribution in [-0.4, -0.2) is 17.6 Å². The zero-order chi connectivity index (χ0) is 10.8. The van der Waals surface area contributed by atoms with Crippen LogP contribution in [0.25, 0.3) is 0 Å². The first kappa shape index (κ1) is 13.4. The third-order valence-electron chi connectivity index (χ3n) is 2.49. The van der Waals surface area contributed by atoms with Crippen molar-refractivity contribution in [1.82, 2.24) is 0 Å². The second-order valence-electron chi connectivity index (χ2n) is 4.04. The minimum Gasteiger partial charge on any atom is -0.481 e. The third kappa shape index (κ3) is 9.52. The molecule has 0 rings (SSSR count). The van der Waals surface area contributed by atoms with Crippen molar-refractivity contribution in [2.45, 2.75) is 51.9 Å². The maximum Gasteiger partial charge on any atom is 0.303 e. The Bertz CT molecular complexity index is 148. The van der Waals surface area contributed by atoms with E-state index in [-0.39, 0.29) is 0 Å². The van der Waals surface area contributed by atoms with Gasteiger partial charge in [0.25, 0.3) is 0 Å².